The summed E-state index contributed by atoms with van der Waals surface area (Å²) >= 11 is 0. The van der Waals surface area contributed by atoms with Gasteiger partial charge in [0.25, 0.3) is 0 Å². The third-order valence-corrected chi connectivity index (χ3v) is 6.09. The summed E-state index contributed by atoms with van der Waals surface area (Å²) < 4.78 is 5.51. The maximum atomic E-state index is 12.7. The molecule has 1 aliphatic carbocycles. The summed E-state index contributed by atoms with van der Waals surface area (Å²) in [6.07, 6.45) is 3.29. The van der Waals surface area contributed by atoms with Gasteiger partial charge in [-0.2, -0.15) is 0 Å². The number of rotatable bonds is 6. The molecule has 25 heavy (non-hydrogen) atoms. The van der Waals surface area contributed by atoms with Crippen molar-refractivity contribution in [2.45, 2.75) is 46.1 Å². The normalized spacial score (nSPS) is 20.4. The van der Waals surface area contributed by atoms with Gasteiger partial charge in [0.1, 0.15) is 5.75 Å². The van der Waals surface area contributed by atoms with Crippen LogP contribution < -0.4 is 4.74 Å². The van der Waals surface area contributed by atoms with E-state index in [0.717, 1.165) is 37.8 Å². The fraction of sp³-hybridized carbons (Fsp3) is 0.667. The molecule has 1 amide bonds. The Kier molecular flexibility index (Phi) is 5.38. The maximum Gasteiger partial charge on any atom is 0.223 e. The summed E-state index contributed by atoms with van der Waals surface area (Å²) in [6.45, 7) is 10.2. The van der Waals surface area contributed by atoms with Crippen LogP contribution in [0.2, 0.25) is 0 Å². The van der Waals surface area contributed by atoms with E-state index in [2.05, 4.69) is 42.7 Å². The number of piperazine rings is 1. The smallest absolute Gasteiger partial charge is 0.223 e. The van der Waals surface area contributed by atoms with E-state index in [1.54, 1.807) is 7.11 Å². The Morgan fingerprint density at radius 2 is 1.84 bits per heavy atom. The minimum Gasteiger partial charge on any atom is -0.496 e. The van der Waals surface area contributed by atoms with Crippen LogP contribution in [0.4, 0.5) is 0 Å². The van der Waals surface area contributed by atoms with Crippen LogP contribution in [0.15, 0.2) is 24.3 Å². The summed E-state index contributed by atoms with van der Waals surface area (Å²) in [5.74, 6) is 2.03. The molecule has 1 saturated heterocycles. The lowest BCUT2D eigenvalue weighted by Gasteiger charge is -2.39. The SMILES string of the molecule is COc1ccccc1C(C)N1CCN(C(=O)CC(C)(C)C2CC2)CC1. The van der Waals surface area contributed by atoms with Gasteiger partial charge in [-0.05, 0) is 37.2 Å². The molecule has 4 nitrogen and oxygen atoms in total. The van der Waals surface area contributed by atoms with Crippen LogP contribution in [0.25, 0.3) is 0 Å². The fourth-order valence-electron chi connectivity index (χ4n) is 4.08. The lowest BCUT2D eigenvalue weighted by atomic mass is 9.83. The van der Waals surface area contributed by atoms with Gasteiger partial charge in [0.15, 0.2) is 0 Å². The van der Waals surface area contributed by atoms with E-state index in [4.69, 9.17) is 4.74 Å². The Bertz CT molecular complexity index is 602. The number of hydrogen-bond donors (Lipinski definition) is 0. The van der Waals surface area contributed by atoms with Gasteiger partial charge in [0, 0.05) is 44.2 Å². The molecular formula is C21H32N2O2. The monoisotopic (exact) mass is 344 g/mol. The summed E-state index contributed by atoms with van der Waals surface area (Å²) in [4.78, 5) is 17.2. The molecule has 2 aliphatic rings. The van der Waals surface area contributed by atoms with Gasteiger partial charge >= 0.3 is 0 Å². The first-order valence-corrected chi connectivity index (χ1v) is 9.57. The van der Waals surface area contributed by atoms with Crippen molar-refractivity contribution in [3.05, 3.63) is 29.8 Å². The molecule has 0 spiro atoms. The second kappa shape index (κ2) is 7.36. The molecule has 0 aromatic heterocycles. The molecule has 0 bridgehead atoms. The third kappa shape index (κ3) is 4.17. The van der Waals surface area contributed by atoms with E-state index in [0.29, 0.717) is 18.4 Å². The number of benzene rings is 1. The quantitative estimate of drug-likeness (QED) is 0.788. The van der Waals surface area contributed by atoms with E-state index in [-0.39, 0.29) is 5.41 Å². The average molecular weight is 344 g/mol. The van der Waals surface area contributed by atoms with Crippen molar-refractivity contribution in [1.82, 2.24) is 9.80 Å². The Morgan fingerprint density at radius 1 is 1.20 bits per heavy atom. The molecule has 1 aromatic carbocycles. The highest BCUT2D eigenvalue weighted by atomic mass is 16.5. The predicted molar refractivity (Wildman–Crippen MR) is 101 cm³/mol. The number of carbonyl (C=O) groups excluding carboxylic acids is 1. The third-order valence-electron chi connectivity index (χ3n) is 6.09. The molecule has 1 saturated carbocycles. The van der Waals surface area contributed by atoms with Crippen LogP contribution in [0.3, 0.4) is 0 Å². The van der Waals surface area contributed by atoms with Crippen molar-refractivity contribution in [1.29, 1.82) is 0 Å². The van der Waals surface area contributed by atoms with Gasteiger partial charge in [-0.1, -0.05) is 32.0 Å². The molecule has 1 unspecified atom stereocenters. The number of carbonyl (C=O) groups is 1. The molecule has 138 valence electrons. The molecule has 1 aromatic rings. The summed E-state index contributed by atoms with van der Waals surface area (Å²) in [6, 6.07) is 8.53. The summed E-state index contributed by atoms with van der Waals surface area (Å²) in [7, 11) is 1.73. The minimum absolute atomic E-state index is 0.166. The first kappa shape index (κ1) is 18.2. The fourth-order valence-corrected chi connectivity index (χ4v) is 4.08. The molecule has 2 fully saturated rings. The van der Waals surface area contributed by atoms with Gasteiger partial charge < -0.3 is 9.64 Å². The topological polar surface area (TPSA) is 32.8 Å². The van der Waals surface area contributed by atoms with Crippen molar-refractivity contribution < 1.29 is 9.53 Å². The van der Waals surface area contributed by atoms with Gasteiger partial charge in [-0.15, -0.1) is 0 Å². The number of para-hydroxylation sites is 1. The van der Waals surface area contributed by atoms with E-state index in [9.17, 15) is 4.79 Å². The van der Waals surface area contributed by atoms with E-state index >= 15 is 0 Å². The standard InChI is InChI=1S/C21H32N2O2/c1-16(18-7-5-6-8-19(18)25-4)22-11-13-23(14-12-22)20(24)15-21(2,3)17-9-10-17/h5-8,16-17H,9-15H2,1-4H3. The first-order chi connectivity index (χ1) is 11.9. The Hall–Kier alpha value is -1.55. The number of ether oxygens (including phenoxy) is 1. The van der Waals surface area contributed by atoms with Crippen LogP contribution in [0, 0.1) is 11.3 Å². The van der Waals surface area contributed by atoms with Crippen LogP contribution in [-0.2, 0) is 4.79 Å². The Labute approximate surface area is 152 Å². The zero-order valence-corrected chi connectivity index (χ0v) is 16.1. The zero-order chi connectivity index (χ0) is 18.0. The lowest BCUT2D eigenvalue weighted by Crippen LogP contribution is -2.50. The molecule has 1 heterocycles. The molecule has 1 aliphatic heterocycles. The van der Waals surface area contributed by atoms with Gasteiger partial charge in [-0.3, -0.25) is 9.69 Å². The molecular weight excluding hydrogens is 312 g/mol. The second-order valence-corrected chi connectivity index (χ2v) is 8.27. The van der Waals surface area contributed by atoms with E-state index < -0.39 is 0 Å². The highest BCUT2D eigenvalue weighted by Gasteiger charge is 2.40. The summed E-state index contributed by atoms with van der Waals surface area (Å²) in [5.41, 5.74) is 1.39. The highest BCUT2D eigenvalue weighted by Crippen LogP contribution is 2.47. The maximum absolute atomic E-state index is 12.7. The van der Waals surface area contributed by atoms with Crippen molar-refractivity contribution in [2.24, 2.45) is 11.3 Å². The highest BCUT2D eigenvalue weighted by molar-refractivity contribution is 5.77. The lowest BCUT2D eigenvalue weighted by molar-refractivity contribution is -0.135. The van der Waals surface area contributed by atoms with Crippen molar-refractivity contribution in [3.8, 4) is 5.75 Å². The zero-order valence-electron chi connectivity index (χ0n) is 16.1. The van der Waals surface area contributed by atoms with Crippen LogP contribution >= 0.6 is 0 Å². The number of hydrogen-bond acceptors (Lipinski definition) is 3. The Balaban J connectivity index is 1.55. The largest absolute Gasteiger partial charge is 0.496 e. The molecule has 3 rings (SSSR count). The van der Waals surface area contributed by atoms with E-state index in [1.165, 1.54) is 18.4 Å². The first-order valence-electron chi connectivity index (χ1n) is 9.57. The van der Waals surface area contributed by atoms with Gasteiger partial charge in [0.05, 0.1) is 7.11 Å². The number of methoxy groups -OCH3 is 1. The van der Waals surface area contributed by atoms with Crippen molar-refractivity contribution in [2.75, 3.05) is 33.3 Å². The van der Waals surface area contributed by atoms with Crippen molar-refractivity contribution in [3.63, 3.8) is 0 Å². The predicted octanol–water partition coefficient (Wildman–Crippen LogP) is 3.73. The van der Waals surface area contributed by atoms with Crippen LogP contribution in [0.5, 0.6) is 5.75 Å². The molecule has 1 atom stereocenters. The second-order valence-electron chi connectivity index (χ2n) is 8.27. The molecule has 0 N–H and O–H groups in total. The Morgan fingerprint density at radius 3 is 2.44 bits per heavy atom. The number of amides is 1. The van der Waals surface area contributed by atoms with Gasteiger partial charge in [0.2, 0.25) is 5.91 Å². The van der Waals surface area contributed by atoms with Crippen LogP contribution in [-0.4, -0.2) is 49.0 Å². The molecule has 4 heteroatoms. The average Bonchev–Trinajstić information content (AvgIpc) is 3.46. The van der Waals surface area contributed by atoms with E-state index in [1.807, 2.05) is 12.1 Å². The van der Waals surface area contributed by atoms with Gasteiger partial charge in [-0.25, -0.2) is 0 Å². The molecule has 0 radical (unpaired) electrons. The van der Waals surface area contributed by atoms with Crippen LogP contribution in [0.1, 0.15) is 51.6 Å². The minimum atomic E-state index is 0.166. The number of nitrogens with zero attached hydrogens (tertiary/aromatic N) is 2. The summed E-state index contributed by atoms with van der Waals surface area (Å²) in [5, 5.41) is 0. The van der Waals surface area contributed by atoms with Crippen molar-refractivity contribution >= 4 is 5.91 Å².